The van der Waals surface area contributed by atoms with Gasteiger partial charge in [0.15, 0.2) is 0 Å². The molecule has 0 aromatic heterocycles. The number of carbonyl (C=O) groups is 2. The zero-order valence-electron chi connectivity index (χ0n) is 12.2. The maximum absolute atomic E-state index is 12.2. The highest BCUT2D eigenvalue weighted by Gasteiger charge is 2.15. The van der Waals surface area contributed by atoms with E-state index >= 15 is 0 Å². The molecule has 1 heterocycles. The van der Waals surface area contributed by atoms with Gasteiger partial charge in [0.1, 0.15) is 5.75 Å². The first kappa shape index (κ1) is 14.1. The number of fused-ring (bicyclic) bond motifs is 1. The van der Waals surface area contributed by atoms with Gasteiger partial charge < -0.3 is 15.4 Å². The lowest BCUT2D eigenvalue weighted by atomic mass is 10.0. The van der Waals surface area contributed by atoms with Crippen molar-refractivity contribution in [2.45, 2.75) is 12.8 Å². The van der Waals surface area contributed by atoms with Crippen molar-refractivity contribution in [3.05, 3.63) is 53.6 Å². The molecule has 1 aliphatic heterocycles. The first-order valence-corrected chi connectivity index (χ1v) is 7.04. The van der Waals surface area contributed by atoms with Gasteiger partial charge in [-0.25, -0.2) is 0 Å². The molecule has 112 valence electrons. The van der Waals surface area contributed by atoms with Crippen LogP contribution in [0.25, 0.3) is 0 Å². The predicted octanol–water partition coefficient (Wildman–Crippen LogP) is 2.83. The summed E-state index contributed by atoms with van der Waals surface area (Å²) in [5, 5.41) is 5.68. The van der Waals surface area contributed by atoms with E-state index in [0.717, 1.165) is 16.9 Å². The molecule has 2 N–H and O–H groups in total. The SMILES string of the molecule is COc1ccc(C(=O)Nc2ccc3c(c2)CCC(=O)N3)cc1. The molecule has 0 radical (unpaired) electrons. The lowest BCUT2D eigenvalue weighted by Gasteiger charge is -2.17. The van der Waals surface area contributed by atoms with Gasteiger partial charge in [0.05, 0.1) is 7.11 Å². The fraction of sp³-hybridized carbons (Fsp3) is 0.176. The summed E-state index contributed by atoms with van der Waals surface area (Å²) in [7, 11) is 1.58. The molecule has 0 bridgehead atoms. The lowest BCUT2D eigenvalue weighted by molar-refractivity contribution is -0.116. The summed E-state index contributed by atoms with van der Waals surface area (Å²) < 4.78 is 5.07. The highest BCUT2D eigenvalue weighted by Crippen LogP contribution is 2.26. The first-order chi connectivity index (χ1) is 10.7. The van der Waals surface area contributed by atoms with Crippen LogP contribution in [0.1, 0.15) is 22.3 Å². The second kappa shape index (κ2) is 5.89. The highest BCUT2D eigenvalue weighted by atomic mass is 16.5. The number of methoxy groups -OCH3 is 1. The van der Waals surface area contributed by atoms with Crippen LogP contribution in [0.15, 0.2) is 42.5 Å². The molecule has 2 aromatic carbocycles. The molecule has 0 fully saturated rings. The van der Waals surface area contributed by atoms with Gasteiger partial charge in [-0.15, -0.1) is 0 Å². The maximum Gasteiger partial charge on any atom is 0.255 e. The third-order valence-electron chi connectivity index (χ3n) is 3.61. The third kappa shape index (κ3) is 2.93. The summed E-state index contributed by atoms with van der Waals surface area (Å²) >= 11 is 0. The molecule has 0 atom stereocenters. The second-order valence-electron chi connectivity index (χ2n) is 5.10. The summed E-state index contributed by atoms with van der Waals surface area (Å²) in [6, 6.07) is 12.4. The van der Waals surface area contributed by atoms with Crippen LogP contribution in [0.4, 0.5) is 11.4 Å². The highest BCUT2D eigenvalue weighted by molar-refractivity contribution is 6.04. The zero-order valence-corrected chi connectivity index (χ0v) is 12.2. The molecule has 2 amide bonds. The monoisotopic (exact) mass is 296 g/mol. The average Bonchev–Trinajstić information content (AvgIpc) is 2.55. The Balaban J connectivity index is 1.75. The topological polar surface area (TPSA) is 67.4 Å². The number of aryl methyl sites for hydroxylation is 1. The van der Waals surface area contributed by atoms with Crippen molar-refractivity contribution >= 4 is 23.2 Å². The summed E-state index contributed by atoms with van der Waals surface area (Å²) in [5.74, 6) is 0.561. The van der Waals surface area contributed by atoms with Crippen molar-refractivity contribution in [2.24, 2.45) is 0 Å². The number of carbonyl (C=O) groups excluding carboxylic acids is 2. The van der Waals surface area contributed by atoms with E-state index < -0.39 is 0 Å². The van der Waals surface area contributed by atoms with Crippen LogP contribution in [-0.4, -0.2) is 18.9 Å². The normalized spacial score (nSPS) is 13.0. The van der Waals surface area contributed by atoms with E-state index in [1.54, 1.807) is 37.4 Å². The van der Waals surface area contributed by atoms with Crippen molar-refractivity contribution in [1.82, 2.24) is 0 Å². The van der Waals surface area contributed by atoms with Crippen LogP contribution in [0.2, 0.25) is 0 Å². The van der Waals surface area contributed by atoms with Gasteiger partial charge in [-0.05, 0) is 54.4 Å². The number of amides is 2. The van der Waals surface area contributed by atoms with Crippen molar-refractivity contribution in [3.63, 3.8) is 0 Å². The van der Waals surface area contributed by atoms with Gasteiger partial charge in [-0.2, -0.15) is 0 Å². The van der Waals surface area contributed by atoms with Crippen molar-refractivity contribution in [1.29, 1.82) is 0 Å². The Bertz CT molecular complexity index is 723. The van der Waals surface area contributed by atoms with Crippen molar-refractivity contribution < 1.29 is 14.3 Å². The number of hydrogen-bond donors (Lipinski definition) is 2. The first-order valence-electron chi connectivity index (χ1n) is 7.04. The van der Waals surface area contributed by atoms with Crippen molar-refractivity contribution in [3.8, 4) is 5.75 Å². The van der Waals surface area contributed by atoms with Gasteiger partial charge in [0, 0.05) is 23.4 Å². The Morgan fingerprint density at radius 2 is 1.91 bits per heavy atom. The summed E-state index contributed by atoms with van der Waals surface area (Å²) in [6.45, 7) is 0. The standard InChI is InChI=1S/C17H16N2O3/c1-22-14-6-2-11(3-7-14)17(21)18-13-5-8-15-12(10-13)4-9-16(20)19-15/h2-3,5-8,10H,4,9H2,1H3,(H,18,21)(H,19,20). The van der Waals surface area contributed by atoms with E-state index in [1.165, 1.54) is 0 Å². The molecule has 0 saturated carbocycles. The molecule has 1 aliphatic rings. The number of anilines is 2. The van der Waals surface area contributed by atoms with E-state index in [-0.39, 0.29) is 11.8 Å². The lowest BCUT2D eigenvalue weighted by Crippen LogP contribution is -2.19. The van der Waals surface area contributed by atoms with Crippen LogP contribution in [-0.2, 0) is 11.2 Å². The number of nitrogens with one attached hydrogen (secondary N) is 2. The van der Waals surface area contributed by atoms with Crippen LogP contribution in [0.5, 0.6) is 5.75 Å². The van der Waals surface area contributed by atoms with Gasteiger partial charge in [0.25, 0.3) is 5.91 Å². The van der Waals surface area contributed by atoms with Crippen LogP contribution < -0.4 is 15.4 Å². The van der Waals surface area contributed by atoms with E-state index in [4.69, 9.17) is 4.74 Å². The van der Waals surface area contributed by atoms with E-state index in [1.807, 2.05) is 12.1 Å². The quantitative estimate of drug-likeness (QED) is 0.915. The molecule has 2 aromatic rings. The molecule has 5 nitrogen and oxygen atoms in total. The minimum absolute atomic E-state index is 0.0301. The Morgan fingerprint density at radius 3 is 2.64 bits per heavy atom. The summed E-state index contributed by atoms with van der Waals surface area (Å²) in [6.07, 6.45) is 1.16. The summed E-state index contributed by atoms with van der Waals surface area (Å²) in [5.41, 5.74) is 3.13. The molecule has 0 saturated heterocycles. The molecule has 3 rings (SSSR count). The number of hydrogen-bond acceptors (Lipinski definition) is 3. The third-order valence-corrected chi connectivity index (χ3v) is 3.61. The molecule has 22 heavy (non-hydrogen) atoms. The molecule has 0 aliphatic carbocycles. The maximum atomic E-state index is 12.2. The van der Waals surface area contributed by atoms with E-state index in [2.05, 4.69) is 10.6 Å². The average molecular weight is 296 g/mol. The van der Waals surface area contributed by atoms with Crippen molar-refractivity contribution in [2.75, 3.05) is 17.7 Å². The second-order valence-corrected chi connectivity index (χ2v) is 5.10. The van der Waals surface area contributed by atoms with Gasteiger partial charge >= 0.3 is 0 Å². The minimum Gasteiger partial charge on any atom is -0.497 e. The molecular formula is C17H16N2O3. The molecular weight excluding hydrogens is 280 g/mol. The fourth-order valence-electron chi connectivity index (χ4n) is 2.41. The Morgan fingerprint density at radius 1 is 1.14 bits per heavy atom. The van der Waals surface area contributed by atoms with Gasteiger partial charge in [-0.1, -0.05) is 0 Å². The molecule has 0 spiro atoms. The predicted molar refractivity (Wildman–Crippen MR) is 84.3 cm³/mol. The number of ether oxygens (including phenoxy) is 1. The molecule has 5 heteroatoms. The number of rotatable bonds is 3. The minimum atomic E-state index is -0.178. The summed E-state index contributed by atoms with van der Waals surface area (Å²) in [4.78, 5) is 23.5. The van der Waals surface area contributed by atoms with E-state index in [0.29, 0.717) is 24.2 Å². The Kier molecular flexibility index (Phi) is 3.78. The van der Waals surface area contributed by atoms with E-state index in [9.17, 15) is 9.59 Å². The van der Waals surface area contributed by atoms with Crippen LogP contribution >= 0.6 is 0 Å². The number of benzene rings is 2. The van der Waals surface area contributed by atoms with Gasteiger partial charge in [0.2, 0.25) is 5.91 Å². The largest absolute Gasteiger partial charge is 0.497 e. The van der Waals surface area contributed by atoms with Crippen LogP contribution in [0.3, 0.4) is 0 Å². The van der Waals surface area contributed by atoms with Crippen LogP contribution in [0, 0.1) is 0 Å². The Labute approximate surface area is 128 Å². The zero-order chi connectivity index (χ0) is 15.5. The molecule has 0 unspecified atom stereocenters. The van der Waals surface area contributed by atoms with Gasteiger partial charge in [-0.3, -0.25) is 9.59 Å². The fourth-order valence-corrected chi connectivity index (χ4v) is 2.41. The Hall–Kier alpha value is -2.82. The smallest absolute Gasteiger partial charge is 0.255 e.